The summed E-state index contributed by atoms with van der Waals surface area (Å²) >= 11 is 5.92. The van der Waals surface area contributed by atoms with Crippen LogP contribution in [0.2, 0.25) is 5.02 Å². The molecular weight excluding hydrogens is 454 g/mol. The van der Waals surface area contributed by atoms with Crippen LogP contribution in [0.5, 0.6) is 11.5 Å². The van der Waals surface area contributed by atoms with Crippen LogP contribution in [0.15, 0.2) is 64.3 Å². The third kappa shape index (κ3) is 5.87. The van der Waals surface area contributed by atoms with Crippen LogP contribution < -0.4 is 19.8 Å². The Morgan fingerprint density at radius 3 is 2.41 bits per heavy atom. The third-order valence-corrected chi connectivity index (χ3v) is 6.19. The quantitative estimate of drug-likeness (QED) is 0.480. The van der Waals surface area contributed by atoms with Crippen LogP contribution in [0, 0.1) is 0 Å². The normalized spacial score (nSPS) is 11.3. The molecule has 0 amide bonds. The maximum absolute atomic E-state index is 12.8. The molecule has 170 valence electrons. The fraction of sp³-hybridized carbons (Fsp3) is 0.273. The van der Waals surface area contributed by atoms with E-state index in [1.807, 2.05) is 6.92 Å². The van der Waals surface area contributed by atoms with Crippen LogP contribution in [0.1, 0.15) is 13.8 Å². The summed E-state index contributed by atoms with van der Waals surface area (Å²) in [4.78, 5) is 12.2. The first-order chi connectivity index (χ1) is 15.3. The molecule has 10 heteroatoms. The van der Waals surface area contributed by atoms with E-state index >= 15 is 0 Å². The lowest BCUT2D eigenvalue weighted by atomic mass is 10.1. The molecule has 0 unspecified atom stereocenters. The topological polar surface area (TPSA) is 99.5 Å². The summed E-state index contributed by atoms with van der Waals surface area (Å²) in [6.45, 7) is 4.38. The second-order valence-electron chi connectivity index (χ2n) is 6.66. The molecule has 1 aromatic heterocycles. The Morgan fingerprint density at radius 1 is 1.00 bits per heavy atom. The van der Waals surface area contributed by atoms with E-state index in [1.165, 1.54) is 16.8 Å². The van der Waals surface area contributed by atoms with Gasteiger partial charge in [0.1, 0.15) is 16.4 Å². The van der Waals surface area contributed by atoms with Crippen LogP contribution in [0.3, 0.4) is 0 Å². The van der Waals surface area contributed by atoms with Gasteiger partial charge in [0.05, 0.1) is 25.5 Å². The molecule has 0 radical (unpaired) electrons. The van der Waals surface area contributed by atoms with Gasteiger partial charge in [-0.3, -0.25) is 4.79 Å². The molecule has 8 nitrogen and oxygen atoms in total. The Hall–Kier alpha value is -2.88. The van der Waals surface area contributed by atoms with Crippen LogP contribution >= 0.6 is 11.6 Å². The van der Waals surface area contributed by atoms with Crippen molar-refractivity contribution in [2.24, 2.45) is 0 Å². The van der Waals surface area contributed by atoms with E-state index < -0.39 is 10.0 Å². The van der Waals surface area contributed by atoms with Crippen molar-refractivity contribution >= 4 is 21.6 Å². The Kier molecular flexibility index (Phi) is 7.89. The Bertz CT molecular complexity index is 1230. The maximum atomic E-state index is 12.8. The van der Waals surface area contributed by atoms with E-state index in [2.05, 4.69) is 9.82 Å². The van der Waals surface area contributed by atoms with Crippen molar-refractivity contribution in [1.82, 2.24) is 14.5 Å². The lowest BCUT2D eigenvalue weighted by molar-refractivity contribution is 0.317. The molecule has 3 aromatic rings. The van der Waals surface area contributed by atoms with Crippen LogP contribution in [0.25, 0.3) is 11.3 Å². The van der Waals surface area contributed by atoms with Gasteiger partial charge in [0.15, 0.2) is 0 Å². The number of aromatic nitrogens is 2. The number of nitrogens with zero attached hydrogens (tertiary/aromatic N) is 2. The summed E-state index contributed by atoms with van der Waals surface area (Å²) in [5, 5.41) is 4.92. The third-order valence-electron chi connectivity index (χ3n) is 4.44. The van der Waals surface area contributed by atoms with Gasteiger partial charge in [0, 0.05) is 29.3 Å². The molecule has 3 rings (SSSR count). The van der Waals surface area contributed by atoms with Gasteiger partial charge in [-0.2, -0.15) is 5.10 Å². The van der Waals surface area contributed by atoms with Gasteiger partial charge >= 0.3 is 0 Å². The highest BCUT2D eigenvalue weighted by atomic mass is 35.5. The number of nitrogens with one attached hydrogen (secondary N) is 1. The van der Waals surface area contributed by atoms with Gasteiger partial charge in [-0.15, -0.1) is 0 Å². The van der Waals surface area contributed by atoms with Gasteiger partial charge in [0.2, 0.25) is 10.0 Å². The number of ether oxygens (including phenoxy) is 2. The van der Waals surface area contributed by atoms with Crippen LogP contribution in [-0.4, -0.2) is 38.0 Å². The average Bonchev–Trinajstić information content (AvgIpc) is 2.76. The van der Waals surface area contributed by atoms with Crippen molar-refractivity contribution in [1.29, 1.82) is 0 Å². The molecule has 0 aliphatic heterocycles. The largest absolute Gasteiger partial charge is 0.494 e. The standard InChI is InChI=1S/C22H24ClN3O5S/c1-3-30-18-9-11-21(20(15-18)31-4-2)32(28,29)24-13-14-26-22(27)12-10-19(25-26)16-5-7-17(23)8-6-16/h5-12,15,24H,3-4,13-14H2,1-2H3. The average molecular weight is 478 g/mol. The second-order valence-corrected chi connectivity index (χ2v) is 8.83. The molecule has 0 aliphatic carbocycles. The number of sulfonamides is 1. The number of hydrogen-bond donors (Lipinski definition) is 1. The van der Waals surface area contributed by atoms with E-state index in [0.29, 0.717) is 29.7 Å². The highest BCUT2D eigenvalue weighted by Crippen LogP contribution is 2.28. The minimum absolute atomic E-state index is 0.00183. The van der Waals surface area contributed by atoms with Gasteiger partial charge in [0.25, 0.3) is 5.56 Å². The Labute approximate surface area is 191 Å². The molecule has 0 saturated carbocycles. The second kappa shape index (κ2) is 10.6. The van der Waals surface area contributed by atoms with E-state index in [1.54, 1.807) is 49.4 Å². The molecule has 32 heavy (non-hydrogen) atoms. The van der Waals surface area contributed by atoms with E-state index in [-0.39, 0.29) is 29.3 Å². The summed E-state index contributed by atoms with van der Waals surface area (Å²) in [5.74, 6) is 0.718. The Balaban J connectivity index is 1.75. The molecule has 0 fully saturated rings. The van der Waals surface area contributed by atoms with Gasteiger partial charge in [-0.1, -0.05) is 23.7 Å². The van der Waals surface area contributed by atoms with E-state index in [4.69, 9.17) is 21.1 Å². The van der Waals surface area contributed by atoms with Crippen molar-refractivity contribution < 1.29 is 17.9 Å². The summed E-state index contributed by atoms with van der Waals surface area (Å²) in [6, 6.07) is 14.6. The van der Waals surface area contributed by atoms with Gasteiger partial charge < -0.3 is 9.47 Å². The maximum Gasteiger partial charge on any atom is 0.266 e. The first-order valence-electron chi connectivity index (χ1n) is 10.1. The van der Waals surface area contributed by atoms with Crippen LogP contribution in [0.4, 0.5) is 0 Å². The molecule has 0 aliphatic rings. The highest BCUT2D eigenvalue weighted by molar-refractivity contribution is 7.89. The molecule has 1 N–H and O–H groups in total. The zero-order valence-electron chi connectivity index (χ0n) is 17.7. The lowest BCUT2D eigenvalue weighted by Gasteiger charge is -2.14. The van der Waals surface area contributed by atoms with Crippen LogP contribution in [-0.2, 0) is 16.6 Å². The van der Waals surface area contributed by atoms with Crippen molar-refractivity contribution in [2.75, 3.05) is 19.8 Å². The zero-order valence-corrected chi connectivity index (χ0v) is 19.3. The minimum atomic E-state index is -3.88. The van der Waals surface area contributed by atoms with E-state index in [9.17, 15) is 13.2 Å². The summed E-state index contributed by atoms with van der Waals surface area (Å²) in [6.07, 6.45) is 0. The van der Waals surface area contributed by atoms with Crippen molar-refractivity contribution in [3.05, 3.63) is 70.0 Å². The predicted octanol–water partition coefficient (Wildman–Crippen LogP) is 3.34. The molecule has 0 spiro atoms. The highest BCUT2D eigenvalue weighted by Gasteiger charge is 2.20. The molecule has 0 saturated heterocycles. The lowest BCUT2D eigenvalue weighted by Crippen LogP contribution is -2.32. The summed E-state index contributed by atoms with van der Waals surface area (Å²) in [5.41, 5.74) is 1.03. The number of hydrogen-bond acceptors (Lipinski definition) is 6. The molecule has 2 aromatic carbocycles. The van der Waals surface area contributed by atoms with Gasteiger partial charge in [-0.25, -0.2) is 17.8 Å². The summed E-state index contributed by atoms with van der Waals surface area (Å²) < 4.78 is 40.3. The zero-order chi connectivity index (χ0) is 23.1. The monoisotopic (exact) mass is 477 g/mol. The van der Waals surface area contributed by atoms with Crippen molar-refractivity contribution in [2.45, 2.75) is 25.3 Å². The fourth-order valence-corrected chi connectivity index (χ4v) is 4.25. The molecule has 0 bridgehead atoms. The van der Waals surface area contributed by atoms with E-state index in [0.717, 1.165) is 5.56 Å². The summed E-state index contributed by atoms with van der Waals surface area (Å²) in [7, 11) is -3.88. The predicted molar refractivity (Wildman–Crippen MR) is 123 cm³/mol. The Morgan fingerprint density at radius 2 is 1.72 bits per heavy atom. The van der Waals surface area contributed by atoms with Gasteiger partial charge in [-0.05, 0) is 44.2 Å². The smallest absolute Gasteiger partial charge is 0.266 e. The SMILES string of the molecule is CCOc1ccc(S(=O)(=O)NCCn2nc(-c3ccc(Cl)cc3)ccc2=O)c(OCC)c1. The molecule has 1 heterocycles. The molecule has 0 atom stereocenters. The number of halogens is 1. The minimum Gasteiger partial charge on any atom is -0.494 e. The first kappa shape index (κ1) is 23.8. The van der Waals surface area contributed by atoms with Crippen molar-refractivity contribution in [3.63, 3.8) is 0 Å². The fourth-order valence-electron chi connectivity index (χ4n) is 2.98. The number of benzene rings is 2. The molecular formula is C22H24ClN3O5S. The first-order valence-corrected chi connectivity index (χ1v) is 11.9. The number of rotatable bonds is 10. The van der Waals surface area contributed by atoms with Crippen molar-refractivity contribution in [3.8, 4) is 22.8 Å².